The molecule has 2 aromatic rings. The van der Waals surface area contributed by atoms with E-state index in [1.807, 2.05) is 12.1 Å². The van der Waals surface area contributed by atoms with E-state index in [2.05, 4.69) is 42.2 Å². The Bertz CT molecular complexity index is 850. The van der Waals surface area contributed by atoms with Crippen molar-refractivity contribution in [2.45, 2.75) is 69.9 Å². The van der Waals surface area contributed by atoms with Crippen LogP contribution in [0.1, 0.15) is 66.9 Å². The zero-order valence-corrected chi connectivity index (χ0v) is 20.0. The molecule has 4 rings (SSSR count). The first-order valence-electron chi connectivity index (χ1n) is 10.7. The molecular weight excluding hydrogens is 435 g/mol. The first-order chi connectivity index (χ1) is 13.7. The van der Waals surface area contributed by atoms with E-state index in [4.69, 9.17) is 0 Å². The third-order valence-corrected chi connectivity index (χ3v) is 6.27. The van der Waals surface area contributed by atoms with E-state index in [1.165, 1.54) is 16.7 Å². The summed E-state index contributed by atoms with van der Waals surface area (Å²) in [4.78, 5) is 15.1. The van der Waals surface area contributed by atoms with Gasteiger partial charge in [0.25, 0.3) is 0 Å². The minimum atomic E-state index is -0.412. The molecule has 1 aliphatic heterocycles. The minimum absolute atomic E-state index is 0. The quantitative estimate of drug-likeness (QED) is 0.513. The maximum atomic E-state index is 13.0. The van der Waals surface area contributed by atoms with E-state index in [0.717, 1.165) is 62.6 Å². The number of carbonyl (C=O) groups excluding carboxylic acids is 1. The Labute approximate surface area is 199 Å². The molecule has 1 radical (unpaired) electrons. The van der Waals surface area contributed by atoms with Gasteiger partial charge in [0.2, 0.25) is 5.91 Å². The van der Waals surface area contributed by atoms with Gasteiger partial charge < -0.3 is 16.9 Å². The molecule has 2 aliphatic rings. The van der Waals surface area contributed by atoms with Crippen molar-refractivity contribution in [1.29, 1.82) is 0 Å². The van der Waals surface area contributed by atoms with E-state index in [1.54, 1.807) is 0 Å². The van der Waals surface area contributed by atoms with Crippen LogP contribution in [0.5, 0.6) is 0 Å². The summed E-state index contributed by atoms with van der Waals surface area (Å²) >= 11 is 0. The molecule has 1 aliphatic carbocycles. The van der Waals surface area contributed by atoms with Gasteiger partial charge in [-0.3, -0.25) is 4.79 Å². The number of aliphatic hydroxyl groups is 1. The Hall–Kier alpha value is -1.03. The minimum Gasteiger partial charge on any atom is -0.388 e. The van der Waals surface area contributed by atoms with Crippen LogP contribution in [0.3, 0.4) is 0 Å². The Balaban J connectivity index is 0.00000240. The molecule has 1 fully saturated rings. The Morgan fingerprint density at radius 2 is 1.79 bits per heavy atom. The average molecular weight is 465 g/mol. The maximum absolute atomic E-state index is 13.0. The molecule has 151 valence electrons. The molecule has 2 atom stereocenters. The molecule has 0 spiro atoms. The number of hydrogen-bond donors (Lipinski definition) is 1. The summed E-state index contributed by atoms with van der Waals surface area (Å²) in [5.41, 5.74) is 5.74. The third kappa shape index (κ3) is 5.01. The van der Waals surface area contributed by atoms with Gasteiger partial charge in [-0.25, -0.2) is 0 Å². The molecule has 2 aromatic carbocycles. The molecule has 0 saturated carbocycles. The summed E-state index contributed by atoms with van der Waals surface area (Å²) in [7, 11) is 0. The van der Waals surface area contributed by atoms with Crippen molar-refractivity contribution in [3.8, 4) is 0 Å². The summed E-state index contributed by atoms with van der Waals surface area (Å²) in [5.74, 6) is 0.219. The zero-order valence-electron chi connectivity index (χ0n) is 17.1. The molecule has 0 aromatic heterocycles. The van der Waals surface area contributed by atoms with Gasteiger partial charge in [-0.1, -0.05) is 48.4 Å². The van der Waals surface area contributed by atoms with E-state index >= 15 is 0 Å². The monoisotopic (exact) mass is 465 g/mol. The Morgan fingerprint density at radius 1 is 1.00 bits per heavy atom. The fourth-order valence-electron chi connectivity index (χ4n) is 4.85. The smallest absolute Gasteiger partial charge is 0.227 e. The second-order valence-electron chi connectivity index (χ2n) is 8.19. The molecule has 29 heavy (non-hydrogen) atoms. The van der Waals surface area contributed by atoms with Crippen LogP contribution in [-0.2, 0) is 56.8 Å². The van der Waals surface area contributed by atoms with Crippen molar-refractivity contribution in [3.63, 3.8) is 0 Å². The predicted molar refractivity (Wildman–Crippen MR) is 113 cm³/mol. The number of nitrogens with zero attached hydrogens (tertiary/aromatic N) is 1. The van der Waals surface area contributed by atoms with Crippen LogP contribution in [0.15, 0.2) is 42.5 Å². The van der Waals surface area contributed by atoms with E-state index in [9.17, 15) is 9.90 Å². The van der Waals surface area contributed by atoms with Gasteiger partial charge in [-0.05, 0) is 61.3 Å². The van der Waals surface area contributed by atoms with Gasteiger partial charge in [0.1, 0.15) is 0 Å². The predicted octanol–water partition coefficient (Wildman–Crippen LogP) is 4.95. The third-order valence-electron chi connectivity index (χ3n) is 6.27. The van der Waals surface area contributed by atoms with Gasteiger partial charge >= 0.3 is 0 Å². The number of benzene rings is 2. The largest absolute Gasteiger partial charge is 0.388 e. The number of rotatable bonds is 4. The van der Waals surface area contributed by atoms with Gasteiger partial charge in [0, 0.05) is 50.9 Å². The van der Waals surface area contributed by atoms with Crippen LogP contribution in [0, 0.1) is 6.92 Å². The van der Waals surface area contributed by atoms with Crippen molar-refractivity contribution in [3.05, 3.63) is 71.6 Å². The number of piperidine rings is 1. The van der Waals surface area contributed by atoms with Crippen LogP contribution >= 0.6 is 0 Å². The first kappa shape index (κ1) is 22.7. The molecule has 0 bridgehead atoms. The summed E-state index contributed by atoms with van der Waals surface area (Å²) in [6.07, 6.45) is 7.67. The molecule has 3 nitrogen and oxygen atoms in total. The first-order valence-corrected chi connectivity index (χ1v) is 10.7. The molecular formula is C25H30NO2Y-. The standard InChI is InChI=1S/C25H30NO2.Y/c1-2-18-8-5-9-19(16-18)17-20-10-6-15-25(28)26(20)23-13-7-12-22-21(23)11-3-4-14-24(22)27;/h5,7-9,12-13,16,20,24,27H,1-4,6,10-11,14-15,17H2;/q-1;. The van der Waals surface area contributed by atoms with Crippen LogP contribution < -0.4 is 4.90 Å². The van der Waals surface area contributed by atoms with Crippen molar-refractivity contribution in [2.75, 3.05) is 4.90 Å². The van der Waals surface area contributed by atoms with Crippen molar-refractivity contribution >= 4 is 11.6 Å². The summed E-state index contributed by atoms with van der Waals surface area (Å²) in [6, 6.07) is 14.9. The fourth-order valence-corrected chi connectivity index (χ4v) is 4.85. The van der Waals surface area contributed by atoms with Gasteiger partial charge in [-0.2, -0.15) is 6.42 Å². The molecule has 1 saturated heterocycles. The fraction of sp³-hybridized carbons (Fsp3) is 0.440. The second-order valence-corrected chi connectivity index (χ2v) is 8.19. The van der Waals surface area contributed by atoms with Crippen molar-refractivity contribution in [2.24, 2.45) is 0 Å². The summed E-state index contributed by atoms with van der Waals surface area (Å²) in [6.45, 7) is 3.99. The average Bonchev–Trinajstić information content (AvgIpc) is 2.90. The SMILES string of the molecule is [CH2-]Cc1cccc(CC2CCCC(=O)N2c2cccc3c2CCCCC3O)c1.[Y]. The number of fused-ring (bicyclic) bond motifs is 1. The van der Waals surface area contributed by atoms with Crippen LogP contribution in [0.4, 0.5) is 5.69 Å². The van der Waals surface area contributed by atoms with Crippen molar-refractivity contribution in [1.82, 2.24) is 0 Å². The van der Waals surface area contributed by atoms with Gasteiger partial charge in [0.15, 0.2) is 0 Å². The van der Waals surface area contributed by atoms with E-state index in [0.29, 0.717) is 6.42 Å². The topological polar surface area (TPSA) is 40.5 Å². The summed E-state index contributed by atoms with van der Waals surface area (Å²) < 4.78 is 0. The molecule has 4 heteroatoms. The number of carbonyl (C=O) groups is 1. The Morgan fingerprint density at radius 3 is 2.62 bits per heavy atom. The van der Waals surface area contributed by atoms with Gasteiger partial charge in [0.05, 0.1) is 6.10 Å². The van der Waals surface area contributed by atoms with E-state index < -0.39 is 6.10 Å². The van der Waals surface area contributed by atoms with Gasteiger partial charge in [-0.15, -0.1) is 0 Å². The number of amides is 1. The molecule has 1 N–H and O–H groups in total. The maximum Gasteiger partial charge on any atom is 0.227 e. The molecule has 1 heterocycles. The molecule has 2 unspecified atom stereocenters. The van der Waals surface area contributed by atoms with Crippen molar-refractivity contribution < 1.29 is 42.6 Å². The van der Waals surface area contributed by atoms with Crippen LogP contribution in [0.25, 0.3) is 0 Å². The second kappa shape index (κ2) is 10.3. The van der Waals surface area contributed by atoms with Crippen LogP contribution in [-0.4, -0.2) is 17.1 Å². The number of hydrogen-bond acceptors (Lipinski definition) is 2. The number of aliphatic hydroxyl groups excluding tert-OH is 1. The number of anilines is 1. The zero-order chi connectivity index (χ0) is 19.5. The van der Waals surface area contributed by atoms with E-state index in [-0.39, 0.29) is 44.7 Å². The normalized spacial score (nSPS) is 21.9. The Kier molecular flexibility index (Phi) is 8.07. The summed E-state index contributed by atoms with van der Waals surface area (Å²) in [5, 5.41) is 10.6. The van der Waals surface area contributed by atoms with Crippen LogP contribution in [0.2, 0.25) is 0 Å². The molecule has 1 amide bonds.